The number of benzene rings is 1. The maximum atomic E-state index is 7.02. The molecule has 2 aliphatic heterocycles. The van der Waals surface area contributed by atoms with Crippen LogP contribution in [-0.2, 0) is 20.5 Å². The van der Waals surface area contributed by atoms with E-state index in [1.54, 1.807) is 0 Å². The van der Waals surface area contributed by atoms with Crippen LogP contribution in [0.15, 0.2) is 30.3 Å². The standard InChI is InChI=1S/C21H34O3Si/c1-20(2,3)25(21(4,5)6)13-12-17-19(24-25)18(15-23-17)22-14-16-10-8-7-9-11-16/h7-11,17-19H,12-15H2,1-6H3/t17-,18+,19-/m1/s1. The van der Waals surface area contributed by atoms with Crippen molar-refractivity contribution in [1.29, 1.82) is 0 Å². The molecular formula is C21H34O3Si. The van der Waals surface area contributed by atoms with Gasteiger partial charge in [-0.2, -0.15) is 0 Å². The smallest absolute Gasteiger partial charge is 0.204 e. The van der Waals surface area contributed by atoms with E-state index in [0.717, 1.165) is 6.42 Å². The molecule has 0 spiro atoms. The Morgan fingerprint density at radius 3 is 2.28 bits per heavy atom. The third-order valence-electron chi connectivity index (χ3n) is 6.06. The molecule has 2 heterocycles. The third kappa shape index (κ3) is 3.59. The molecule has 0 radical (unpaired) electrons. The van der Waals surface area contributed by atoms with Crippen molar-refractivity contribution in [1.82, 2.24) is 0 Å². The Hall–Kier alpha value is -0.683. The molecule has 3 rings (SSSR count). The zero-order valence-electron chi connectivity index (χ0n) is 16.7. The van der Waals surface area contributed by atoms with Crippen LogP contribution in [-0.4, -0.2) is 33.2 Å². The van der Waals surface area contributed by atoms with E-state index in [4.69, 9.17) is 13.9 Å². The number of hydrogen-bond acceptors (Lipinski definition) is 3. The fraction of sp³-hybridized carbons (Fsp3) is 0.714. The van der Waals surface area contributed by atoms with E-state index in [-0.39, 0.29) is 28.4 Å². The van der Waals surface area contributed by atoms with Gasteiger partial charge in [-0.3, -0.25) is 0 Å². The van der Waals surface area contributed by atoms with Gasteiger partial charge in [0.05, 0.1) is 25.4 Å². The molecular weight excluding hydrogens is 328 g/mol. The first-order valence-electron chi connectivity index (χ1n) is 9.59. The normalized spacial score (nSPS) is 29.4. The molecule has 2 aliphatic rings. The Balaban J connectivity index is 1.76. The fourth-order valence-electron chi connectivity index (χ4n) is 4.83. The first-order chi connectivity index (χ1) is 11.6. The molecule has 2 saturated heterocycles. The van der Waals surface area contributed by atoms with Gasteiger partial charge >= 0.3 is 0 Å². The van der Waals surface area contributed by atoms with Crippen molar-refractivity contribution in [3.05, 3.63) is 35.9 Å². The largest absolute Gasteiger partial charge is 0.407 e. The number of ether oxygens (including phenoxy) is 2. The molecule has 0 unspecified atom stereocenters. The zero-order valence-corrected chi connectivity index (χ0v) is 17.7. The predicted molar refractivity (Wildman–Crippen MR) is 104 cm³/mol. The van der Waals surface area contributed by atoms with E-state index < -0.39 is 8.32 Å². The first-order valence-corrected chi connectivity index (χ1v) is 11.7. The molecule has 0 aliphatic carbocycles. The lowest BCUT2D eigenvalue weighted by molar-refractivity contribution is -0.0311. The average molecular weight is 363 g/mol. The SMILES string of the molecule is CC(C)(C)[Si]1(C(C)(C)C)CC[C@H]2OC[C@H](OCc3ccccc3)[C@@H]2O1. The van der Waals surface area contributed by atoms with Crippen molar-refractivity contribution in [3.8, 4) is 0 Å². The Kier molecular flexibility index (Phi) is 5.19. The first kappa shape index (κ1) is 19.1. The molecule has 0 amide bonds. The van der Waals surface area contributed by atoms with Crippen LogP contribution < -0.4 is 0 Å². The van der Waals surface area contributed by atoms with Crippen LogP contribution >= 0.6 is 0 Å². The Labute approximate surface area is 154 Å². The topological polar surface area (TPSA) is 27.7 Å². The second-order valence-corrected chi connectivity index (χ2v) is 15.0. The molecule has 1 aromatic rings. The average Bonchev–Trinajstić information content (AvgIpc) is 2.94. The minimum atomic E-state index is -1.98. The summed E-state index contributed by atoms with van der Waals surface area (Å²) in [6, 6.07) is 11.5. The van der Waals surface area contributed by atoms with E-state index in [2.05, 4.69) is 65.8 Å². The highest BCUT2D eigenvalue weighted by Gasteiger charge is 2.60. The molecule has 3 atom stereocenters. The molecule has 1 aromatic carbocycles. The van der Waals surface area contributed by atoms with Crippen LogP contribution in [0, 0.1) is 0 Å². The van der Waals surface area contributed by atoms with E-state index >= 15 is 0 Å². The van der Waals surface area contributed by atoms with Crippen molar-refractivity contribution in [3.63, 3.8) is 0 Å². The van der Waals surface area contributed by atoms with Gasteiger partial charge in [0.15, 0.2) is 0 Å². The molecule has 140 valence electrons. The van der Waals surface area contributed by atoms with Gasteiger partial charge in [-0.05, 0) is 28.1 Å². The Bertz CT molecular complexity index is 559. The van der Waals surface area contributed by atoms with Gasteiger partial charge in [0.25, 0.3) is 0 Å². The van der Waals surface area contributed by atoms with Crippen molar-refractivity contribution in [2.45, 2.75) is 89.0 Å². The highest BCUT2D eigenvalue weighted by molar-refractivity contribution is 6.79. The van der Waals surface area contributed by atoms with Gasteiger partial charge in [-0.1, -0.05) is 71.9 Å². The van der Waals surface area contributed by atoms with E-state index in [9.17, 15) is 0 Å². The summed E-state index contributed by atoms with van der Waals surface area (Å²) >= 11 is 0. The van der Waals surface area contributed by atoms with Crippen molar-refractivity contribution < 1.29 is 13.9 Å². The summed E-state index contributed by atoms with van der Waals surface area (Å²) in [6.07, 6.45) is 1.44. The number of hydrogen-bond donors (Lipinski definition) is 0. The lowest BCUT2D eigenvalue weighted by Crippen LogP contribution is -2.61. The van der Waals surface area contributed by atoms with E-state index in [1.165, 1.54) is 11.6 Å². The van der Waals surface area contributed by atoms with Crippen LogP contribution in [0.1, 0.15) is 53.5 Å². The minimum Gasteiger partial charge on any atom is -0.407 e. The maximum Gasteiger partial charge on any atom is 0.204 e. The van der Waals surface area contributed by atoms with Crippen LogP contribution in [0.3, 0.4) is 0 Å². The van der Waals surface area contributed by atoms with Gasteiger partial charge in [0.1, 0.15) is 6.10 Å². The molecule has 2 fully saturated rings. The summed E-state index contributed by atoms with van der Waals surface area (Å²) in [5, 5.41) is 0.394. The lowest BCUT2D eigenvalue weighted by Gasteiger charge is -2.55. The summed E-state index contributed by atoms with van der Waals surface area (Å²) < 4.78 is 19.3. The molecule has 0 aromatic heterocycles. The van der Waals surface area contributed by atoms with Gasteiger partial charge < -0.3 is 13.9 Å². The van der Waals surface area contributed by atoms with E-state index in [1.807, 2.05) is 6.07 Å². The number of fused-ring (bicyclic) bond motifs is 1. The van der Waals surface area contributed by atoms with Crippen molar-refractivity contribution in [2.24, 2.45) is 0 Å². The fourth-order valence-corrected chi connectivity index (χ4v) is 10.9. The molecule has 4 heteroatoms. The maximum absolute atomic E-state index is 7.02. The molecule has 25 heavy (non-hydrogen) atoms. The molecule has 0 saturated carbocycles. The highest BCUT2D eigenvalue weighted by atomic mass is 28.4. The van der Waals surface area contributed by atoms with Gasteiger partial charge in [0, 0.05) is 0 Å². The van der Waals surface area contributed by atoms with Gasteiger partial charge in [0.2, 0.25) is 8.32 Å². The van der Waals surface area contributed by atoms with Crippen LogP contribution in [0.2, 0.25) is 16.1 Å². The summed E-state index contributed by atoms with van der Waals surface area (Å²) in [5.74, 6) is 0. The zero-order chi connectivity index (χ0) is 18.3. The lowest BCUT2D eigenvalue weighted by atomic mass is 10.1. The highest BCUT2D eigenvalue weighted by Crippen LogP contribution is 2.57. The molecule has 0 N–H and O–H groups in total. The Morgan fingerprint density at radius 1 is 1.04 bits per heavy atom. The van der Waals surface area contributed by atoms with E-state index in [0.29, 0.717) is 13.2 Å². The van der Waals surface area contributed by atoms with Crippen molar-refractivity contribution >= 4 is 8.32 Å². The second kappa shape index (κ2) is 6.80. The van der Waals surface area contributed by atoms with Crippen LogP contribution in [0.5, 0.6) is 0 Å². The Morgan fingerprint density at radius 2 is 1.68 bits per heavy atom. The van der Waals surface area contributed by atoms with Crippen LogP contribution in [0.4, 0.5) is 0 Å². The monoisotopic (exact) mass is 362 g/mol. The van der Waals surface area contributed by atoms with Gasteiger partial charge in [-0.15, -0.1) is 0 Å². The van der Waals surface area contributed by atoms with Gasteiger partial charge in [-0.25, -0.2) is 0 Å². The summed E-state index contributed by atoms with van der Waals surface area (Å²) in [5.41, 5.74) is 1.21. The predicted octanol–water partition coefficient (Wildman–Crippen LogP) is 5.31. The molecule has 3 nitrogen and oxygen atoms in total. The van der Waals surface area contributed by atoms with Crippen molar-refractivity contribution in [2.75, 3.05) is 6.61 Å². The molecule has 0 bridgehead atoms. The summed E-state index contributed by atoms with van der Waals surface area (Å²) in [6.45, 7) is 15.4. The summed E-state index contributed by atoms with van der Waals surface area (Å²) in [7, 11) is -1.98. The minimum absolute atomic E-state index is 0.0436. The second-order valence-electron chi connectivity index (χ2n) is 9.65. The summed E-state index contributed by atoms with van der Waals surface area (Å²) in [4.78, 5) is 0. The van der Waals surface area contributed by atoms with Crippen LogP contribution in [0.25, 0.3) is 0 Å². The number of rotatable bonds is 3. The quantitative estimate of drug-likeness (QED) is 0.682. The third-order valence-corrected chi connectivity index (χ3v) is 12.6.